The molecule has 6 heteroatoms. The molecule has 1 unspecified atom stereocenters. The van der Waals surface area contributed by atoms with Gasteiger partial charge in [0.15, 0.2) is 6.10 Å². The normalized spacial score (nSPS) is 12.0. The van der Waals surface area contributed by atoms with Gasteiger partial charge in [-0.1, -0.05) is 264 Å². The number of unbranched alkanes of at least 4 members (excludes halogenated alkanes) is 39. The molecule has 0 aliphatic heterocycles. The summed E-state index contributed by atoms with van der Waals surface area (Å²) in [6.07, 6.45) is 59.1. The molecule has 0 radical (unpaired) electrons. The molecule has 63 heavy (non-hydrogen) atoms. The molecule has 6 nitrogen and oxygen atoms in total. The molecule has 0 saturated heterocycles. The lowest BCUT2D eigenvalue weighted by Crippen LogP contribution is -2.30. The standard InChI is InChI=1S/C57H108O6/c1-4-7-10-13-16-19-22-25-27-28-30-32-35-38-41-44-47-50-56(59)62-53-54(52-61-55(58)49-46-43-40-37-34-31-24-21-18-15-12-9-6-3)63-57(60)51-48-45-42-39-36-33-29-26-23-20-17-14-11-8-5-2/h21,24,54H,4-20,22-23,25-53H2,1-3H3. The monoisotopic (exact) mass is 889 g/mol. The Morgan fingerprint density at radius 3 is 0.810 bits per heavy atom. The van der Waals surface area contributed by atoms with Crippen molar-refractivity contribution in [1.82, 2.24) is 0 Å². The summed E-state index contributed by atoms with van der Waals surface area (Å²) in [4.78, 5) is 38.1. The van der Waals surface area contributed by atoms with Crippen molar-refractivity contribution in [2.75, 3.05) is 13.2 Å². The number of carbonyl (C=O) groups is 3. The molecule has 0 aliphatic rings. The molecule has 0 rings (SSSR count). The van der Waals surface area contributed by atoms with Gasteiger partial charge < -0.3 is 14.2 Å². The average Bonchev–Trinajstić information content (AvgIpc) is 3.28. The molecule has 0 fully saturated rings. The molecule has 372 valence electrons. The lowest BCUT2D eigenvalue weighted by molar-refractivity contribution is -0.167. The summed E-state index contributed by atoms with van der Waals surface area (Å²) < 4.78 is 16.9. The number of hydrogen-bond donors (Lipinski definition) is 0. The Kier molecular flexibility index (Phi) is 51.2. The number of allylic oxidation sites excluding steroid dienone is 2. The first-order valence-electron chi connectivity index (χ1n) is 28.2. The summed E-state index contributed by atoms with van der Waals surface area (Å²) >= 11 is 0. The first kappa shape index (κ1) is 61.1. The maximum Gasteiger partial charge on any atom is 0.306 e. The number of ether oxygens (including phenoxy) is 3. The van der Waals surface area contributed by atoms with Gasteiger partial charge in [0.2, 0.25) is 0 Å². The summed E-state index contributed by atoms with van der Waals surface area (Å²) in [6, 6.07) is 0. The van der Waals surface area contributed by atoms with E-state index in [4.69, 9.17) is 14.2 Å². The third-order valence-electron chi connectivity index (χ3n) is 12.8. The van der Waals surface area contributed by atoms with Gasteiger partial charge in [-0.3, -0.25) is 14.4 Å². The Hall–Kier alpha value is -1.85. The Morgan fingerprint density at radius 1 is 0.302 bits per heavy atom. The van der Waals surface area contributed by atoms with Crippen LogP contribution in [-0.2, 0) is 28.6 Å². The van der Waals surface area contributed by atoms with Gasteiger partial charge in [0, 0.05) is 19.3 Å². The highest BCUT2D eigenvalue weighted by Crippen LogP contribution is 2.17. The lowest BCUT2D eigenvalue weighted by atomic mass is 10.0. The summed E-state index contributed by atoms with van der Waals surface area (Å²) in [5.41, 5.74) is 0. The smallest absolute Gasteiger partial charge is 0.306 e. The van der Waals surface area contributed by atoms with Crippen molar-refractivity contribution in [3.8, 4) is 0 Å². The minimum atomic E-state index is -0.767. The van der Waals surface area contributed by atoms with Crippen LogP contribution < -0.4 is 0 Å². The van der Waals surface area contributed by atoms with Crippen LogP contribution in [0.5, 0.6) is 0 Å². The SMILES string of the molecule is CCCCCCC=CCCCCCCCC(=O)OCC(COC(=O)CCCCCCCCCCCCCCCCCCC)OC(=O)CCCCCCCCCCCCCCCCC. The van der Waals surface area contributed by atoms with Gasteiger partial charge in [0.25, 0.3) is 0 Å². The van der Waals surface area contributed by atoms with Gasteiger partial charge in [-0.05, 0) is 44.9 Å². The van der Waals surface area contributed by atoms with E-state index in [-0.39, 0.29) is 31.1 Å². The van der Waals surface area contributed by atoms with Crippen molar-refractivity contribution in [2.45, 2.75) is 322 Å². The van der Waals surface area contributed by atoms with E-state index < -0.39 is 6.10 Å². The van der Waals surface area contributed by atoms with Crippen molar-refractivity contribution in [2.24, 2.45) is 0 Å². The first-order chi connectivity index (χ1) is 31.0. The maximum atomic E-state index is 12.8. The Balaban J connectivity index is 4.31. The number of hydrogen-bond acceptors (Lipinski definition) is 6. The molecule has 1 atom stereocenters. The van der Waals surface area contributed by atoms with Crippen LogP contribution >= 0.6 is 0 Å². The van der Waals surface area contributed by atoms with Crippen molar-refractivity contribution in [3.63, 3.8) is 0 Å². The first-order valence-corrected chi connectivity index (χ1v) is 28.2. The van der Waals surface area contributed by atoms with E-state index in [0.717, 1.165) is 64.2 Å². The van der Waals surface area contributed by atoms with Crippen LogP contribution in [0, 0.1) is 0 Å². The Morgan fingerprint density at radius 2 is 0.524 bits per heavy atom. The third kappa shape index (κ3) is 51.0. The van der Waals surface area contributed by atoms with Crippen LogP contribution in [-0.4, -0.2) is 37.2 Å². The molecule has 0 N–H and O–H groups in total. The van der Waals surface area contributed by atoms with E-state index in [2.05, 4.69) is 32.9 Å². The van der Waals surface area contributed by atoms with Crippen molar-refractivity contribution < 1.29 is 28.6 Å². The molecular weight excluding hydrogens is 781 g/mol. The van der Waals surface area contributed by atoms with E-state index in [1.54, 1.807) is 0 Å². The lowest BCUT2D eigenvalue weighted by Gasteiger charge is -2.18. The largest absolute Gasteiger partial charge is 0.462 e. The van der Waals surface area contributed by atoms with Gasteiger partial charge >= 0.3 is 17.9 Å². The zero-order chi connectivity index (χ0) is 45.8. The fourth-order valence-corrected chi connectivity index (χ4v) is 8.50. The fourth-order valence-electron chi connectivity index (χ4n) is 8.50. The summed E-state index contributed by atoms with van der Waals surface area (Å²) in [7, 11) is 0. The van der Waals surface area contributed by atoms with Gasteiger partial charge in [0.05, 0.1) is 0 Å². The van der Waals surface area contributed by atoms with Crippen LogP contribution in [0.25, 0.3) is 0 Å². The Labute approximate surface area is 392 Å². The summed E-state index contributed by atoms with van der Waals surface area (Å²) in [5.74, 6) is -0.853. The number of esters is 3. The number of carbonyl (C=O) groups excluding carboxylic acids is 3. The minimum absolute atomic E-state index is 0.0666. The van der Waals surface area contributed by atoms with Crippen LogP contribution in [0.2, 0.25) is 0 Å². The molecule has 0 saturated carbocycles. The molecule has 0 aromatic rings. The van der Waals surface area contributed by atoms with Crippen LogP contribution in [0.4, 0.5) is 0 Å². The summed E-state index contributed by atoms with van der Waals surface area (Å²) in [5, 5.41) is 0. The average molecular weight is 889 g/mol. The number of rotatable bonds is 52. The molecule has 0 aromatic carbocycles. The molecule has 0 bridgehead atoms. The predicted molar refractivity (Wildman–Crippen MR) is 270 cm³/mol. The summed E-state index contributed by atoms with van der Waals surface area (Å²) in [6.45, 7) is 6.67. The van der Waals surface area contributed by atoms with Crippen LogP contribution in [0.3, 0.4) is 0 Å². The van der Waals surface area contributed by atoms with E-state index >= 15 is 0 Å². The molecule has 0 amide bonds. The second-order valence-electron chi connectivity index (χ2n) is 19.2. The van der Waals surface area contributed by atoms with E-state index in [1.807, 2.05) is 0 Å². The van der Waals surface area contributed by atoms with Crippen LogP contribution in [0.15, 0.2) is 12.2 Å². The predicted octanol–water partition coefficient (Wildman–Crippen LogP) is 18.5. The fraction of sp³-hybridized carbons (Fsp3) is 0.912. The Bertz CT molecular complexity index is 978. The second kappa shape index (κ2) is 52.8. The zero-order valence-corrected chi connectivity index (χ0v) is 42.6. The van der Waals surface area contributed by atoms with Gasteiger partial charge in [-0.2, -0.15) is 0 Å². The zero-order valence-electron chi connectivity index (χ0n) is 42.6. The van der Waals surface area contributed by atoms with Crippen LogP contribution in [0.1, 0.15) is 316 Å². The quantitative estimate of drug-likeness (QED) is 0.0262. The topological polar surface area (TPSA) is 78.9 Å². The third-order valence-corrected chi connectivity index (χ3v) is 12.8. The molecule has 0 spiro atoms. The highest BCUT2D eigenvalue weighted by molar-refractivity contribution is 5.71. The molecule has 0 aliphatic carbocycles. The molecule has 0 aromatic heterocycles. The second-order valence-corrected chi connectivity index (χ2v) is 19.2. The van der Waals surface area contributed by atoms with Crippen molar-refractivity contribution >= 4 is 17.9 Å². The van der Waals surface area contributed by atoms with Gasteiger partial charge in [-0.25, -0.2) is 0 Å². The van der Waals surface area contributed by atoms with Gasteiger partial charge in [0.1, 0.15) is 13.2 Å². The van der Waals surface area contributed by atoms with E-state index in [0.29, 0.717) is 19.3 Å². The molecular formula is C57H108O6. The minimum Gasteiger partial charge on any atom is -0.462 e. The van der Waals surface area contributed by atoms with E-state index in [1.165, 1.54) is 212 Å². The van der Waals surface area contributed by atoms with Crippen molar-refractivity contribution in [1.29, 1.82) is 0 Å². The maximum absolute atomic E-state index is 12.8. The van der Waals surface area contributed by atoms with Gasteiger partial charge in [-0.15, -0.1) is 0 Å². The van der Waals surface area contributed by atoms with E-state index in [9.17, 15) is 14.4 Å². The highest BCUT2D eigenvalue weighted by atomic mass is 16.6. The highest BCUT2D eigenvalue weighted by Gasteiger charge is 2.19. The molecule has 0 heterocycles. The van der Waals surface area contributed by atoms with Crippen molar-refractivity contribution in [3.05, 3.63) is 12.2 Å².